The minimum Gasteiger partial charge on any atom is -0.309 e. The van der Waals surface area contributed by atoms with E-state index in [4.69, 9.17) is 0 Å². The van der Waals surface area contributed by atoms with E-state index in [0.717, 1.165) is 23.3 Å². The maximum Gasteiger partial charge on any atom is 0.142 e. The van der Waals surface area contributed by atoms with Crippen LogP contribution >= 0.6 is 11.3 Å². The molecule has 2 aromatic heterocycles. The Hall–Kier alpha value is -1.33. The molecule has 2 aromatic rings. The molecule has 1 N–H and O–H groups in total. The monoisotopic (exact) mass is 232 g/mol. The third-order valence-electron chi connectivity index (χ3n) is 2.50. The molecular formula is C11H12N4S. The van der Waals surface area contributed by atoms with Crippen LogP contribution < -0.4 is 5.32 Å². The second kappa shape index (κ2) is 4.27. The van der Waals surface area contributed by atoms with E-state index in [1.807, 2.05) is 12.3 Å². The van der Waals surface area contributed by atoms with Crippen LogP contribution in [0, 0.1) is 0 Å². The Morgan fingerprint density at radius 3 is 3.06 bits per heavy atom. The van der Waals surface area contributed by atoms with E-state index in [1.54, 1.807) is 23.9 Å². The Morgan fingerprint density at radius 2 is 2.31 bits per heavy atom. The highest BCUT2D eigenvalue weighted by molar-refractivity contribution is 7.14. The van der Waals surface area contributed by atoms with Crippen molar-refractivity contribution in [1.29, 1.82) is 0 Å². The molecule has 1 fully saturated rings. The van der Waals surface area contributed by atoms with Crippen LogP contribution in [0.5, 0.6) is 0 Å². The first kappa shape index (κ1) is 9.86. The van der Waals surface area contributed by atoms with Crippen molar-refractivity contribution in [2.24, 2.45) is 0 Å². The first-order valence-electron chi connectivity index (χ1n) is 5.36. The second-order valence-corrected chi connectivity index (χ2v) is 5.00. The van der Waals surface area contributed by atoms with E-state index >= 15 is 0 Å². The molecule has 0 unspecified atom stereocenters. The van der Waals surface area contributed by atoms with Gasteiger partial charge in [-0.1, -0.05) is 0 Å². The number of aromatic nitrogens is 3. The van der Waals surface area contributed by atoms with Crippen molar-refractivity contribution in [3.05, 3.63) is 29.7 Å². The van der Waals surface area contributed by atoms with Crippen molar-refractivity contribution >= 4 is 11.3 Å². The molecule has 5 heteroatoms. The maximum atomic E-state index is 4.37. The van der Waals surface area contributed by atoms with Crippen molar-refractivity contribution in [3.8, 4) is 10.7 Å². The summed E-state index contributed by atoms with van der Waals surface area (Å²) in [6, 6.07) is 2.63. The molecule has 0 aliphatic heterocycles. The van der Waals surface area contributed by atoms with Crippen LogP contribution in [0.3, 0.4) is 0 Å². The maximum absolute atomic E-state index is 4.37. The highest BCUT2D eigenvalue weighted by Gasteiger charge is 2.20. The number of thiazole rings is 1. The van der Waals surface area contributed by atoms with Gasteiger partial charge in [-0.15, -0.1) is 11.3 Å². The molecule has 82 valence electrons. The van der Waals surface area contributed by atoms with Gasteiger partial charge in [0.15, 0.2) is 0 Å². The fraction of sp³-hybridized carbons (Fsp3) is 0.364. The minimum atomic E-state index is 0.740. The summed E-state index contributed by atoms with van der Waals surface area (Å²) in [4.78, 5) is 13.7. The van der Waals surface area contributed by atoms with Gasteiger partial charge in [-0.05, 0) is 18.9 Å². The topological polar surface area (TPSA) is 50.7 Å². The quantitative estimate of drug-likeness (QED) is 0.874. The Labute approximate surface area is 97.8 Å². The average Bonchev–Trinajstić information content (AvgIpc) is 3.05. The molecule has 0 atom stereocenters. The number of hydrogen-bond donors (Lipinski definition) is 1. The van der Waals surface area contributed by atoms with E-state index in [0.29, 0.717) is 0 Å². The van der Waals surface area contributed by atoms with Crippen LogP contribution in [0.4, 0.5) is 0 Å². The molecule has 0 aromatic carbocycles. The summed E-state index contributed by atoms with van der Waals surface area (Å²) >= 11 is 1.69. The Balaban J connectivity index is 1.71. The van der Waals surface area contributed by atoms with Crippen LogP contribution in [-0.4, -0.2) is 21.0 Å². The van der Waals surface area contributed by atoms with Crippen molar-refractivity contribution in [2.75, 3.05) is 0 Å². The highest BCUT2D eigenvalue weighted by atomic mass is 32.1. The van der Waals surface area contributed by atoms with E-state index in [-0.39, 0.29) is 0 Å². The number of nitrogens with one attached hydrogen (secondary N) is 1. The lowest BCUT2D eigenvalue weighted by Gasteiger charge is -1.97. The zero-order chi connectivity index (χ0) is 10.8. The molecule has 0 spiro atoms. The zero-order valence-electron chi connectivity index (χ0n) is 8.76. The fourth-order valence-electron chi connectivity index (χ4n) is 1.46. The van der Waals surface area contributed by atoms with Crippen LogP contribution in [0.15, 0.2) is 24.8 Å². The van der Waals surface area contributed by atoms with E-state index in [9.17, 15) is 0 Å². The summed E-state index contributed by atoms with van der Waals surface area (Å²) in [5.41, 5.74) is 0.901. The van der Waals surface area contributed by atoms with Crippen molar-refractivity contribution in [3.63, 3.8) is 0 Å². The van der Waals surface area contributed by atoms with Gasteiger partial charge in [-0.2, -0.15) is 0 Å². The summed E-state index contributed by atoms with van der Waals surface area (Å²) in [6.07, 6.45) is 7.86. The molecule has 16 heavy (non-hydrogen) atoms. The molecule has 1 aliphatic carbocycles. The lowest BCUT2D eigenvalue weighted by Crippen LogP contribution is -2.14. The number of rotatable bonds is 4. The van der Waals surface area contributed by atoms with E-state index in [2.05, 4.69) is 20.3 Å². The predicted octanol–water partition coefficient (Wildman–Crippen LogP) is 1.85. The lowest BCUT2D eigenvalue weighted by molar-refractivity contribution is 0.694. The molecule has 1 saturated carbocycles. The SMILES string of the molecule is c1cc(-c2ncc(CNC3CC3)s2)ncn1. The van der Waals surface area contributed by atoms with Gasteiger partial charge in [0, 0.05) is 29.9 Å². The predicted molar refractivity (Wildman–Crippen MR) is 63.0 cm³/mol. The lowest BCUT2D eigenvalue weighted by atomic mass is 10.4. The summed E-state index contributed by atoms with van der Waals surface area (Å²) in [5, 5.41) is 4.44. The van der Waals surface area contributed by atoms with Crippen LogP contribution in [-0.2, 0) is 6.54 Å². The molecule has 0 amide bonds. The summed E-state index contributed by atoms with van der Waals surface area (Å²) in [6.45, 7) is 0.924. The van der Waals surface area contributed by atoms with Gasteiger partial charge in [0.05, 0.1) is 0 Å². The normalized spacial score (nSPS) is 15.2. The molecule has 3 rings (SSSR count). The van der Waals surface area contributed by atoms with Crippen LogP contribution in [0.2, 0.25) is 0 Å². The largest absolute Gasteiger partial charge is 0.309 e. The number of nitrogens with zero attached hydrogens (tertiary/aromatic N) is 3. The van der Waals surface area contributed by atoms with Gasteiger partial charge in [-0.25, -0.2) is 15.0 Å². The molecule has 0 radical (unpaired) electrons. The third kappa shape index (κ3) is 2.25. The summed E-state index contributed by atoms with van der Waals surface area (Å²) in [7, 11) is 0. The Morgan fingerprint density at radius 1 is 1.38 bits per heavy atom. The zero-order valence-corrected chi connectivity index (χ0v) is 9.57. The fourth-order valence-corrected chi connectivity index (χ4v) is 2.30. The van der Waals surface area contributed by atoms with Gasteiger partial charge in [-0.3, -0.25) is 0 Å². The van der Waals surface area contributed by atoms with Crippen molar-refractivity contribution in [2.45, 2.75) is 25.4 Å². The van der Waals surface area contributed by atoms with Crippen molar-refractivity contribution in [1.82, 2.24) is 20.3 Å². The van der Waals surface area contributed by atoms with Crippen LogP contribution in [0.1, 0.15) is 17.7 Å². The average molecular weight is 232 g/mol. The summed E-state index contributed by atoms with van der Waals surface area (Å²) < 4.78 is 0. The van der Waals surface area contributed by atoms with E-state index in [1.165, 1.54) is 17.7 Å². The van der Waals surface area contributed by atoms with Gasteiger partial charge in [0.25, 0.3) is 0 Å². The van der Waals surface area contributed by atoms with Gasteiger partial charge in [0.1, 0.15) is 17.0 Å². The molecule has 4 nitrogen and oxygen atoms in total. The van der Waals surface area contributed by atoms with Gasteiger partial charge in [0.2, 0.25) is 0 Å². The van der Waals surface area contributed by atoms with Gasteiger partial charge < -0.3 is 5.32 Å². The second-order valence-electron chi connectivity index (χ2n) is 3.88. The molecule has 0 bridgehead atoms. The molecule has 2 heterocycles. The Kier molecular flexibility index (Phi) is 2.63. The molecule has 1 aliphatic rings. The highest BCUT2D eigenvalue weighted by Crippen LogP contribution is 2.24. The van der Waals surface area contributed by atoms with Gasteiger partial charge >= 0.3 is 0 Å². The Bertz CT molecular complexity index is 464. The van der Waals surface area contributed by atoms with E-state index < -0.39 is 0 Å². The van der Waals surface area contributed by atoms with Crippen molar-refractivity contribution < 1.29 is 0 Å². The molecular weight excluding hydrogens is 220 g/mol. The molecule has 0 saturated heterocycles. The number of hydrogen-bond acceptors (Lipinski definition) is 5. The summed E-state index contributed by atoms with van der Waals surface area (Å²) in [5.74, 6) is 0. The third-order valence-corrected chi connectivity index (χ3v) is 3.52. The van der Waals surface area contributed by atoms with Crippen LogP contribution in [0.25, 0.3) is 10.7 Å². The smallest absolute Gasteiger partial charge is 0.142 e. The first-order chi connectivity index (χ1) is 7.92. The first-order valence-corrected chi connectivity index (χ1v) is 6.18. The standard InChI is InChI=1S/C11H12N4S/c1-2-8(1)13-5-9-6-14-11(16-9)10-3-4-12-7-15-10/h3-4,6-8,13H,1-2,5H2. The minimum absolute atomic E-state index is 0.740.